The molecular weight excluding hydrogens is 234 g/mol. The van der Waals surface area contributed by atoms with Crippen LogP contribution < -0.4 is 0 Å². The lowest BCUT2D eigenvalue weighted by Crippen LogP contribution is -2.08. The van der Waals surface area contributed by atoms with E-state index in [-0.39, 0.29) is 12.4 Å². The molecule has 0 saturated heterocycles. The summed E-state index contributed by atoms with van der Waals surface area (Å²) in [5.41, 5.74) is 2.36. The van der Waals surface area contributed by atoms with Gasteiger partial charge in [-0.1, -0.05) is 13.0 Å². The number of benzene rings is 1. The Bertz CT molecular complexity index is 463. The molecule has 0 N–H and O–H groups in total. The maximum absolute atomic E-state index is 11.4. The van der Waals surface area contributed by atoms with Gasteiger partial charge in [-0.2, -0.15) is 5.26 Å². The highest BCUT2D eigenvalue weighted by Gasteiger charge is 2.10. The summed E-state index contributed by atoms with van der Waals surface area (Å²) >= 11 is 4.29. The van der Waals surface area contributed by atoms with Crippen LogP contribution in [0.5, 0.6) is 0 Å². The average Bonchev–Trinajstić information content (AvgIpc) is 2.31. The first-order valence-corrected chi connectivity index (χ1v) is 5.97. The van der Waals surface area contributed by atoms with Crippen molar-refractivity contribution < 1.29 is 9.53 Å². The molecule has 1 aromatic rings. The molecule has 1 rings (SSSR count). The van der Waals surface area contributed by atoms with Crippen LogP contribution in [-0.2, 0) is 22.4 Å². The van der Waals surface area contributed by atoms with Gasteiger partial charge in [0.2, 0.25) is 0 Å². The van der Waals surface area contributed by atoms with E-state index in [1.807, 2.05) is 13.0 Å². The summed E-state index contributed by atoms with van der Waals surface area (Å²) in [7, 11) is 0. The lowest BCUT2D eigenvalue weighted by molar-refractivity contribution is -0.142. The summed E-state index contributed by atoms with van der Waals surface area (Å²) < 4.78 is 4.89. The molecule has 90 valence electrons. The van der Waals surface area contributed by atoms with Gasteiger partial charge in [-0.25, -0.2) is 0 Å². The van der Waals surface area contributed by atoms with Crippen molar-refractivity contribution in [3.63, 3.8) is 0 Å². The van der Waals surface area contributed by atoms with E-state index in [2.05, 4.69) is 18.7 Å². The Balaban J connectivity index is 3.01. The van der Waals surface area contributed by atoms with E-state index in [9.17, 15) is 4.79 Å². The van der Waals surface area contributed by atoms with Crippen LogP contribution in [0.3, 0.4) is 0 Å². The Labute approximate surface area is 107 Å². The topological polar surface area (TPSA) is 50.1 Å². The summed E-state index contributed by atoms with van der Waals surface area (Å²) in [6.45, 7) is 4.12. The molecule has 0 aliphatic carbocycles. The van der Waals surface area contributed by atoms with Gasteiger partial charge in [-0.3, -0.25) is 4.79 Å². The molecule has 0 atom stereocenters. The number of thiol groups is 1. The van der Waals surface area contributed by atoms with Crippen LogP contribution in [0.2, 0.25) is 0 Å². The predicted octanol–water partition coefficient (Wildman–Crippen LogP) is 2.51. The molecule has 1 aromatic carbocycles. The van der Waals surface area contributed by atoms with Crippen molar-refractivity contribution in [2.24, 2.45) is 0 Å². The number of carbonyl (C=O) groups excluding carboxylic acids is 1. The van der Waals surface area contributed by atoms with Crippen molar-refractivity contribution in [1.82, 2.24) is 0 Å². The van der Waals surface area contributed by atoms with E-state index in [1.165, 1.54) is 0 Å². The molecule has 4 heteroatoms. The van der Waals surface area contributed by atoms with E-state index in [1.54, 1.807) is 13.0 Å². The maximum atomic E-state index is 11.4. The fraction of sp³-hybridized carbons (Fsp3) is 0.385. The number of ether oxygens (including phenoxy) is 1. The van der Waals surface area contributed by atoms with Crippen LogP contribution in [0, 0.1) is 11.3 Å². The molecule has 0 amide bonds. The number of hydrogen-bond acceptors (Lipinski definition) is 4. The Morgan fingerprint density at radius 3 is 2.65 bits per heavy atom. The van der Waals surface area contributed by atoms with Crippen molar-refractivity contribution >= 4 is 18.6 Å². The molecule has 0 bridgehead atoms. The predicted molar refractivity (Wildman–Crippen MR) is 68.1 cm³/mol. The number of carbonyl (C=O) groups is 1. The zero-order chi connectivity index (χ0) is 12.8. The molecule has 0 aliphatic heterocycles. The van der Waals surface area contributed by atoms with Crippen molar-refractivity contribution in [1.29, 1.82) is 5.26 Å². The average molecular weight is 249 g/mol. The van der Waals surface area contributed by atoms with E-state index < -0.39 is 0 Å². The van der Waals surface area contributed by atoms with Crippen LogP contribution in [0.25, 0.3) is 0 Å². The van der Waals surface area contributed by atoms with Crippen molar-refractivity contribution in [3.8, 4) is 6.07 Å². The van der Waals surface area contributed by atoms with Gasteiger partial charge in [-0.15, -0.1) is 12.6 Å². The van der Waals surface area contributed by atoms with Gasteiger partial charge in [0, 0.05) is 4.90 Å². The molecule has 17 heavy (non-hydrogen) atoms. The summed E-state index contributed by atoms with van der Waals surface area (Å²) in [5.74, 6) is -0.269. The summed E-state index contributed by atoms with van der Waals surface area (Å²) in [4.78, 5) is 12.1. The van der Waals surface area contributed by atoms with Gasteiger partial charge in [0.15, 0.2) is 0 Å². The van der Waals surface area contributed by atoms with Crippen LogP contribution in [0.15, 0.2) is 17.0 Å². The molecule has 0 spiro atoms. The second-order valence-corrected chi connectivity index (χ2v) is 4.07. The fourth-order valence-electron chi connectivity index (χ4n) is 1.59. The van der Waals surface area contributed by atoms with E-state index >= 15 is 0 Å². The number of esters is 1. The highest BCUT2D eigenvalue weighted by molar-refractivity contribution is 7.80. The Morgan fingerprint density at radius 1 is 1.41 bits per heavy atom. The standard InChI is InChI=1S/C13H15NO2S/c1-3-9-5-10(7-13(15)16-4-2)12(17)6-11(9)8-14/h5-6,17H,3-4,7H2,1-2H3. The SMILES string of the molecule is CCOC(=O)Cc1cc(CC)c(C#N)cc1S. The zero-order valence-corrected chi connectivity index (χ0v) is 10.9. The molecule has 0 aromatic heterocycles. The minimum absolute atomic E-state index is 0.200. The number of nitrogens with zero attached hydrogens (tertiary/aromatic N) is 1. The third-order valence-corrected chi connectivity index (χ3v) is 2.86. The summed E-state index contributed by atoms with van der Waals surface area (Å²) in [5, 5.41) is 8.96. The molecule has 0 unspecified atom stereocenters. The Hall–Kier alpha value is -1.47. The summed E-state index contributed by atoms with van der Waals surface area (Å²) in [6.07, 6.45) is 0.957. The van der Waals surface area contributed by atoms with E-state index in [0.717, 1.165) is 17.5 Å². The highest BCUT2D eigenvalue weighted by atomic mass is 32.1. The van der Waals surface area contributed by atoms with Gasteiger partial charge in [-0.05, 0) is 30.5 Å². The zero-order valence-electron chi connectivity index (χ0n) is 9.99. The van der Waals surface area contributed by atoms with Crippen molar-refractivity contribution in [2.45, 2.75) is 31.6 Å². The fourth-order valence-corrected chi connectivity index (χ4v) is 1.86. The smallest absolute Gasteiger partial charge is 0.310 e. The Morgan fingerprint density at radius 2 is 2.12 bits per heavy atom. The summed E-state index contributed by atoms with van der Waals surface area (Å²) in [6, 6.07) is 5.69. The second kappa shape index (κ2) is 6.31. The van der Waals surface area contributed by atoms with Crippen LogP contribution in [-0.4, -0.2) is 12.6 Å². The van der Waals surface area contributed by atoms with Gasteiger partial charge in [0.25, 0.3) is 0 Å². The van der Waals surface area contributed by atoms with Gasteiger partial charge < -0.3 is 4.74 Å². The minimum atomic E-state index is -0.269. The monoisotopic (exact) mass is 249 g/mol. The maximum Gasteiger partial charge on any atom is 0.310 e. The van der Waals surface area contributed by atoms with Crippen molar-refractivity contribution in [3.05, 3.63) is 28.8 Å². The number of aryl methyl sites for hydroxylation is 1. The minimum Gasteiger partial charge on any atom is -0.466 e. The van der Waals surface area contributed by atoms with Gasteiger partial charge in [0.1, 0.15) is 0 Å². The Kier molecular flexibility index (Phi) is 5.05. The molecule has 0 heterocycles. The second-order valence-electron chi connectivity index (χ2n) is 3.59. The largest absolute Gasteiger partial charge is 0.466 e. The van der Waals surface area contributed by atoms with Crippen LogP contribution in [0.1, 0.15) is 30.5 Å². The number of nitriles is 1. The molecule has 0 fully saturated rings. The molecular formula is C13H15NO2S. The van der Waals surface area contributed by atoms with Crippen LogP contribution in [0.4, 0.5) is 0 Å². The quantitative estimate of drug-likeness (QED) is 0.659. The molecule has 3 nitrogen and oxygen atoms in total. The third kappa shape index (κ3) is 3.50. The third-order valence-electron chi connectivity index (χ3n) is 2.45. The van der Waals surface area contributed by atoms with Gasteiger partial charge >= 0.3 is 5.97 Å². The first-order chi connectivity index (χ1) is 8.12. The molecule has 0 aliphatic rings. The molecule has 0 radical (unpaired) electrons. The van der Waals surface area contributed by atoms with Gasteiger partial charge in [0.05, 0.1) is 24.7 Å². The molecule has 0 saturated carbocycles. The number of hydrogen-bond donors (Lipinski definition) is 1. The van der Waals surface area contributed by atoms with E-state index in [4.69, 9.17) is 10.00 Å². The van der Waals surface area contributed by atoms with E-state index in [0.29, 0.717) is 17.1 Å². The van der Waals surface area contributed by atoms with Crippen LogP contribution >= 0.6 is 12.6 Å². The number of rotatable bonds is 4. The lowest BCUT2D eigenvalue weighted by atomic mass is 10.0. The van der Waals surface area contributed by atoms with Crippen molar-refractivity contribution in [2.75, 3.05) is 6.61 Å². The first kappa shape index (κ1) is 13.6. The first-order valence-electron chi connectivity index (χ1n) is 5.52. The highest BCUT2D eigenvalue weighted by Crippen LogP contribution is 2.21. The lowest BCUT2D eigenvalue weighted by Gasteiger charge is -2.09. The normalized spacial score (nSPS) is 9.76.